The quantitative estimate of drug-likeness (QED) is 0.370. The van der Waals surface area contributed by atoms with E-state index in [1.54, 1.807) is 6.20 Å². The van der Waals surface area contributed by atoms with Gasteiger partial charge in [0.25, 0.3) is 0 Å². The lowest BCUT2D eigenvalue weighted by Crippen LogP contribution is -2.39. The molecule has 9 heteroatoms. The lowest BCUT2D eigenvalue weighted by atomic mass is 9.85. The van der Waals surface area contributed by atoms with Gasteiger partial charge in [-0.25, -0.2) is 5.84 Å². The first kappa shape index (κ1) is 27.2. The summed E-state index contributed by atoms with van der Waals surface area (Å²) in [5.41, 5.74) is 3.97. The second-order valence-electron chi connectivity index (χ2n) is 6.68. The number of halogens is 3. The standard InChI is InChI=1S/C12H14F3NO.C6H15N3O.C2H6/c13-12(14,15)10-3-1-9(2-4-10)11(17)5-7-16-8-6-11;1-6(5-10)4-9(8)3-2-7;1-2/h1-4,16-17H,5-8H2;2-3,6,10H,4-5,7-8H2,1H3;1-2H3/b;3-2-;. The smallest absolute Gasteiger partial charge is 0.403 e. The van der Waals surface area contributed by atoms with Gasteiger partial charge in [0.05, 0.1) is 11.2 Å². The zero-order valence-electron chi connectivity index (χ0n) is 17.4. The van der Waals surface area contributed by atoms with E-state index >= 15 is 0 Å². The maximum Gasteiger partial charge on any atom is 0.416 e. The molecule has 0 aliphatic carbocycles. The lowest BCUT2D eigenvalue weighted by molar-refractivity contribution is -0.137. The maximum atomic E-state index is 12.4. The van der Waals surface area contributed by atoms with Gasteiger partial charge in [-0.1, -0.05) is 32.9 Å². The summed E-state index contributed by atoms with van der Waals surface area (Å²) >= 11 is 0. The molecule has 0 bridgehead atoms. The van der Waals surface area contributed by atoms with Gasteiger partial charge in [-0.15, -0.1) is 0 Å². The van der Waals surface area contributed by atoms with E-state index in [0.717, 1.165) is 12.1 Å². The summed E-state index contributed by atoms with van der Waals surface area (Å²) in [6.07, 6.45) is -0.345. The Morgan fingerprint density at radius 1 is 1.21 bits per heavy atom. The van der Waals surface area contributed by atoms with Crippen molar-refractivity contribution in [3.05, 3.63) is 47.8 Å². The van der Waals surface area contributed by atoms with Crippen molar-refractivity contribution >= 4 is 0 Å². The number of rotatable bonds is 5. The first-order valence-electron chi connectivity index (χ1n) is 9.74. The number of benzene rings is 1. The Balaban J connectivity index is 0.000000563. The summed E-state index contributed by atoms with van der Waals surface area (Å²) in [6.45, 7) is 8.02. The van der Waals surface area contributed by atoms with Crippen LogP contribution in [0.4, 0.5) is 13.2 Å². The van der Waals surface area contributed by atoms with Gasteiger partial charge in [0.1, 0.15) is 0 Å². The van der Waals surface area contributed by atoms with Gasteiger partial charge in [0.2, 0.25) is 0 Å². The summed E-state index contributed by atoms with van der Waals surface area (Å²) in [4.78, 5) is 0. The number of hydrogen-bond donors (Lipinski definition) is 5. The predicted molar refractivity (Wildman–Crippen MR) is 109 cm³/mol. The summed E-state index contributed by atoms with van der Waals surface area (Å²) in [5, 5.41) is 23.5. The van der Waals surface area contributed by atoms with Gasteiger partial charge in [-0.3, -0.25) is 0 Å². The average molecular weight is 421 g/mol. The van der Waals surface area contributed by atoms with Gasteiger partial charge >= 0.3 is 6.18 Å². The van der Waals surface area contributed by atoms with Crippen molar-refractivity contribution in [3.8, 4) is 0 Å². The molecule has 0 radical (unpaired) electrons. The topological polar surface area (TPSA) is 108 Å². The van der Waals surface area contributed by atoms with E-state index in [1.165, 1.54) is 23.3 Å². The Morgan fingerprint density at radius 3 is 2.14 bits per heavy atom. The molecule has 7 N–H and O–H groups in total. The van der Waals surface area contributed by atoms with Crippen LogP contribution in [-0.4, -0.2) is 41.5 Å². The molecule has 0 amide bonds. The van der Waals surface area contributed by atoms with Crippen LogP contribution in [0.5, 0.6) is 0 Å². The lowest BCUT2D eigenvalue weighted by Gasteiger charge is -2.33. The Kier molecular flexibility index (Phi) is 12.6. The van der Waals surface area contributed by atoms with E-state index in [0.29, 0.717) is 38.0 Å². The fourth-order valence-electron chi connectivity index (χ4n) is 2.69. The number of nitrogens with one attached hydrogen (secondary N) is 1. The SMILES string of the molecule is CC.CC(CO)CN(N)/C=C\N.OC1(c2ccc(C(F)(F)F)cc2)CCNCC1. The van der Waals surface area contributed by atoms with Crippen molar-refractivity contribution in [2.24, 2.45) is 17.5 Å². The van der Waals surface area contributed by atoms with Crippen LogP contribution in [0.3, 0.4) is 0 Å². The Hall–Kier alpha value is -1.81. The van der Waals surface area contributed by atoms with Crippen LogP contribution >= 0.6 is 0 Å². The van der Waals surface area contributed by atoms with Crippen LogP contribution < -0.4 is 16.9 Å². The number of nitrogens with zero attached hydrogens (tertiary/aromatic N) is 1. The number of alkyl halides is 3. The molecule has 1 atom stereocenters. The number of hydrogen-bond acceptors (Lipinski definition) is 6. The Labute approximate surface area is 171 Å². The van der Waals surface area contributed by atoms with E-state index in [2.05, 4.69) is 5.32 Å². The molecular formula is C20H35F3N4O2. The second-order valence-corrected chi connectivity index (χ2v) is 6.68. The molecule has 1 saturated heterocycles. The minimum Gasteiger partial charge on any atom is -0.403 e. The van der Waals surface area contributed by atoms with Crippen molar-refractivity contribution in [2.75, 3.05) is 26.2 Å². The Bertz CT molecular complexity index is 574. The highest BCUT2D eigenvalue weighted by atomic mass is 19.4. The molecule has 1 aromatic carbocycles. The van der Waals surface area contributed by atoms with Gasteiger partial charge in [-0.2, -0.15) is 13.2 Å². The number of hydrazine groups is 1. The molecule has 0 spiro atoms. The van der Waals surface area contributed by atoms with Crippen LogP contribution in [0.2, 0.25) is 0 Å². The van der Waals surface area contributed by atoms with E-state index in [9.17, 15) is 18.3 Å². The van der Waals surface area contributed by atoms with Crippen LogP contribution in [0.15, 0.2) is 36.7 Å². The predicted octanol–water partition coefficient (Wildman–Crippen LogP) is 2.52. The largest absolute Gasteiger partial charge is 0.416 e. The molecule has 1 unspecified atom stereocenters. The minimum atomic E-state index is -4.32. The zero-order chi connectivity index (χ0) is 22.5. The highest BCUT2D eigenvalue weighted by Crippen LogP contribution is 2.34. The Morgan fingerprint density at radius 2 is 1.72 bits per heavy atom. The molecule has 29 heavy (non-hydrogen) atoms. The molecule has 6 nitrogen and oxygen atoms in total. The number of aliphatic hydroxyl groups is 2. The van der Waals surface area contributed by atoms with Crippen molar-refractivity contribution in [1.82, 2.24) is 10.3 Å². The maximum absolute atomic E-state index is 12.4. The molecule has 0 saturated carbocycles. The fourth-order valence-corrected chi connectivity index (χ4v) is 2.69. The third-order valence-electron chi connectivity index (χ3n) is 4.29. The number of nitrogens with two attached hydrogens (primary N) is 2. The second kappa shape index (κ2) is 13.4. The van der Waals surface area contributed by atoms with Crippen LogP contribution in [0.25, 0.3) is 0 Å². The third-order valence-corrected chi connectivity index (χ3v) is 4.29. The number of aliphatic hydroxyl groups excluding tert-OH is 1. The third kappa shape index (κ3) is 9.98. The van der Waals surface area contributed by atoms with Crippen LogP contribution in [0.1, 0.15) is 44.7 Å². The highest BCUT2D eigenvalue weighted by Gasteiger charge is 2.33. The molecule has 1 heterocycles. The van der Waals surface area contributed by atoms with E-state index in [4.69, 9.17) is 16.7 Å². The normalized spacial score (nSPS) is 16.9. The fraction of sp³-hybridized carbons (Fsp3) is 0.600. The molecule has 168 valence electrons. The van der Waals surface area contributed by atoms with Crippen molar-refractivity contribution in [1.29, 1.82) is 0 Å². The zero-order valence-corrected chi connectivity index (χ0v) is 17.4. The van der Waals surface area contributed by atoms with E-state index < -0.39 is 17.3 Å². The van der Waals surface area contributed by atoms with E-state index in [1.807, 2.05) is 20.8 Å². The van der Waals surface area contributed by atoms with Gasteiger partial charge in [0.15, 0.2) is 0 Å². The van der Waals surface area contributed by atoms with Gasteiger partial charge in [-0.05, 0) is 49.5 Å². The molecular weight excluding hydrogens is 385 g/mol. The summed E-state index contributed by atoms with van der Waals surface area (Å²) < 4.78 is 37.2. The van der Waals surface area contributed by atoms with Crippen molar-refractivity contribution in [2.45, 2.75) is 45.4 Å². The highest BCUT2D eigenvalue weighted by molar-refractivity contribution is 5.29. The van der Waals surface area contributed by atoms with Crippen LogP contribution in [-0.2, 0) is 11.8 Å². The van der Waals surface area contributed by atoms with E-state index in [-0.39, 0.29) is 12.5 Å². The monoisotopic (exact) mass is 420 g/mol. The minimum absolute atomic E-state index is 0.145. The van der Waals surface area contributed by atoms with Crippen molar-refractivity contribution in [3.63, 3.8) is 0 Å². The summed E-state index contributed by atoms with van der Waals surface area (Å²) in [7, 11) is 0. The van der Waals surface area contributed by atoms with Gasteiger partial charge < -0.3 is 26.3 Å². The average Bonchev–Trinajstić information content (AvgIpc) is 2.70. The molecule has 1 aliphatic heterocycles. The first-order valence-corrected chi connectivity index (χ1v) is 9.74. The summed E-state index contributed by atoms with van der Waals surface area (Å²) in [6, 6.07) is 4.78. The van der Waals surface area contributed by atoms with Gasteiger partial charge in [0, 0.05) is 25.6 Å². The number of piperidine rings is 1. The molecule has 1 aliphatic rings. The van der Waals surface area contributed by atoms with Crippen LogP contribution in [0, 0.1) is 5.92 Å². The summed E-state index contributed by atoms with van der Waals surface area (Å²) in [5.74, 6) is 5.60. The molecule has 2 rings (SSSR count). The molecule has 1 aromatic rings. The first-order chi connectivity index (χ1) is 13.6. The molecule has 0 aromatic heterocycles. The molecule has 1 fully saturated rings. The van der Waals surface area contributed by atoms with Crippen molar-refractivity contribution < 1.29 is 23.4 Å².